The number of esters is 2. The van der Waals surface area contributed by atoms with Gasteiger partial charge in [0, 0.05) is 35.3 Å². The number of rotatable bonds is 8. The smallest absolute Gasteiger partial charge is 0.339 e. The summed E-state index contributed by atoms with van der Waals surface area (Å²) in [6.07, 6.45) is -5.61. The first-order chi connectivity index (χ1) is 23.3. The van der Waals surface area contributed by atoms with Gasteiger partial charge in [0.15, 0.2) is 17.1 Å². The summed E-state index contributed by atoms with van der Waals surface area (Å²) in [5.41, 5.74) is -2.06. The normalized spacial score (nSPS) is 40.6. The summed E-state index contributed by atoms with van der Waals surface area (Å²) < 4.78 is 33.1. The minimum Gasteiger partial charge on any atom is -0.493 e. The Hall–Kier alpha value is -3.54. The number of carbonyl (C=O) groups excluding carboxylic acids is 2. The third-order valence-corrected chi connectivity index (χ3v) is 10.8. The summed E-state index contributed by atoms with van der Waals surface area (Å²) in [5, 5.41) is 73.7. The van der Waals surface area contributed by atoms with E-state index in [1.165, 1.54) is 43.9 Å². The molecule has 7 N–H and O–H groups in total. The maximum Gasteiger partial charge on any atom is 0.339 e. The molecule has 0 bridgehead atoms. The molecule has 15 nitrogen and oxygen atoms in total. The van der Waals surface area contributed by atoms with Crippen LogP contribution in [0.25, 0.3) is 6.08 Å². The molecule has 3 heterocycles. The first-order valence-corrected chi connectivity index (χ1v) is 16.2. The molecule has 2 aliphatic heterocycles. The van der Waals surface area contributed by atoms with Crippen LogP contribution in [0.15, 0.2) is 47.3 Å². The second-order valence-electron chi connectivity index (χ2n) is 13.5. The van der Waals surface area contributed by atoms with Crippen molar-refractivity contribution in [3.05, 3.63) is 54.0 Å². The maximum absolute atomic E-state index is 13.2. The molecule has 0 amide bonds. The first-order valence-electron chi connectivity index (χ1n) is 16.2. The summed E-state index contributed by atoms with van der Waals surface area (Å²) in [6, 6.07) is 6.24. The minimum atomic E-state index is -1.92. The van der Waals surface area contributed by atoms with Crippen molar-refractivity contribution in [1.29, 1.82) is 0 Å². The van der Waals surface area contributed by atoms with Gasteiger partial charge in [-0.2, -0.15) is 0 Å². The Morgan fingerprint density at radius 2 is 1.84 bits per heavy atom. The van der Waals surface area contributed by atoms with E-state index in [4.69, 9.17) is 28.1 Å². The number of fused-ring (bicyclic) bond motifs is 3. The fourth-order valence-corrected chi connectivity index (χ4v) is 8.03. The summed E-state index contributed by atoms with van der Waals surface area (Å²) in [5.74, 6) is -2.52. The topological polar surface area (TPSA) is 235 Å². The minimum absolute atomic E-state index is 0.0195. The van der Waals surface area contributed by atoms with E-state index in [2.05, 4.69) is 0 Å². The van der Waals surface area contributed by atoms with Gasteiger partial charge >= 0.3 is 11.9 Å². The highest BCUT2D eigenvalue weighted by atomic mass is 16.7. The van der Waals surface area contributed by atoms with E-state index in [1.807, 2.05) is 0 Å². The Labute approximate surface area is 281 Å². The number of benzene rings is 1. The van der Waals surface area contributed by atoms with Crippen molar-refractivity contribution in [2.75, 3.05) is 13.7 Å². The predicted molar refractivity (Wildman–Crippen MR) is 164 cm³/mol. The van der Waals surface area contributed by atoms with E-state index in [0.29, 0.717) is 11.1 Å². The zero-order chi connectivity index (χ0) is 35.2. The zero-order valence-electron chi connectivity index (χ0n) is 26.9. The Morgan fingerprint density at radius 3 is 2.53 bits per heavy atom. The van der Waals surface area contributed by atoms with Crippen LogP contribution in [0, 0.1) is 17.3 Å². The molecule has 0 spiro atoms. The van der Waals surface area contributed by atoms with Gasteiger partial charge in [-0.3, -0.25) is 0 Å². The number of aliphatic hydroxyl groups is 7. The fourth-order valence-electron chi connectivity index (χ4n) is 8.03. The van der Waals surface area contributed by atoms with Crippen LogP contribution in [0.5, 0.6) is 11.5 Å². The predicted octanol–water partition coefficient (Wildman–Crippen LogP) is -0.0308. The molecule has 2 saturated heterocycles. The van der Waals surface area contributed by atoms with Gasteiger partial charge in [-0.1, -0.05) is 13.0 Å². The highest BCUT2D eigenvalue weighted by Gasteiger charge is 2.69. The lowest BCUT2D eigenvalue weighted by molar-refractivity contribution is -0.277. The Balaban J connectivity index is 1.16. The standard InChI is InChI=1S/C34H42O15/c1-33-13-23(17-8-10-45-15-17)49-32(42)34(33,43)9-7-18-21(12-19(36)27(38)26(18)33)46-25(37)6-4-16-3-5-20(22(11-16)44-2)47-31-30(41)29(40)28(39)24(14-35)48-31/h3-6,8,10-11,15,18-19,21,23-24,26-31,35-36,38-41,43H,7,9,12-14H2,1-2H3/b6-4+/t18-,19+,21-,23+,24-,26+,27+,28-,29+,30-,31-,33+,34-/m1/s1. The lowest BCUT2D eigenvalue weighted by Crippen LogP contribution is -2.70. The molecule has 2 saturated carbocycles. The number of cyclic esters (lactones) is 1. The molecule has 49 heavy (non-hydrogen) atoms. The van der Waals surface area contributed by atoms with Gasteiger partial charge in [0.1, 0.15) is 36.6 Å². The molecule has 0 unspecified atom stereocenters. The van der Waals surface area contributed by atoms with Crippen molar-refractivity contribution in [3.63, 3.8) is 0 Å². The zero-order valence-corrected chi connectivity index (χ0v) is 26.9. The van der Waals surface area contributed by atoms with E-state index in [1.54, 1.807) is 19.1 Å². The van der Waals surface area contributed by atoms with Crippen LogP contribution in [-0.4, -0.2) is 116 Å². The van der Waals surface area contributed by atoms with E-state index < -0.39 is 96.5 Å². The van der Waals surface area contributed by atoms with Crippen LogP contribution in [-0.2, 0) is 23.8 Å². The van der Waals surface area contributed by atoms with E-state index in [0.717, 1.165) is 0 Å². The van der Waals surface area contributed by atoms with Gasteiger partial charge in [0.2, 0.25) is 6.29 Å². The van der Waals surface area contributed by atoms with E-state index >= 15 is 0 Å². The molecule has 4 fully saturated rings. The van der Waals surface area contributed by atoms with Crippen LogP contribution in [0.3, 0.4) is 0 Å². The Bertz CT molecular complexity index is 1530. The highest BCUT2D eigenvalue weighted by molar-refractivity contribution is 5.87. The van der Waals surface area contributed by atoms with Crippen molar-refractivity contribution in [2.45, 2.75) is 93.3 Å². The van der Waals surface area contributed by atoms with Crippen molar-refractivity contribution in [3.8, 4) is 11.5 Å². The fraction of sp³-hybridized carbons (Fsp3) is 0.588. The molecule has 1 aromatic heterocycles. The largest absolute Gasteiger partial charge is 0.493 e. The highest BCUT2D eigenvalue weighted by Crippen LogP contribution is 2.62. The monoisotopic (exact) mass is 690 g/mol. The molecule has 2 aromatic rings. The summed E-state index contributed by atoms with van der Waals surface area (Å²) in [6.45, 7) is 1.09. The second kappa shape index (κ2) is 13.6. The SMILES string of the molecule is COc1cc(/C=C/C(=O)O[C@@H]2C[C@H](O)[C@H](O)[C@@H]3[C@@H]2CC[C@@]2(O)C(=O)O[C@H](c4ccoc4)C[C@@]32C)ccc1O[C@@H]1O[C@H](CO)[C@@H](O)[C@H](O)[C@H]1O. The number of furan rings is 1. The van der Waals surface area contributed by atoms with Crippen LogP contribution >= 0.6 is 0 Å². The van der Waals surface area contributed by atoms with Gasteiger partial charge in [0.25, 0.3) is 0 Å². The van der Waals surface area contributed by atoms with Crippen LogP contribution in [0.2, 0.25) is 0 Å². The average molecular weight is 691 g/mol. The molecule has 4 aliphatic rings. The molecule has 0 radical (unpaired) electrons. The number of hydrogen-bond acceptors (Lipinski definition) is 15. The third-order valence-electron chi connectivity index (χ3n) is 10.8. The van der Waals surface area contributed by atoms with Gasteiger partial charge in [-0.05, 0) is 49.1 Å². The summed E-state index contributed by atoms with van der Waals surface area (Å²) >= 11 is 0. The third kappa shape index (κ3) is 6.23. The molecule has 1 aromatic carbocycles. The van der Waals surface area contributed by atoms with Crippen LogP contribution in [0.4, 0.5) is 0 Å². The number of ether oxygens (including phenoxy) is 5. The summed E-state index contributed by atoms with van der Waals surface area (Å²) in [7, 11) is 1.37. The lowest BCUT2D eigenvalue weighted by Gasteiger charge is -2.61. The molecular weight excluding hydrogens is 648 g/mol. The van der Waals surface area contributed by atoms with Gasteiger partial charge in [-0.15, -0.1) is 0 Å². The number of carbonyl (C=O) groups is 2. The lowest BCUT2D eigenvalue weighted by atomic mass is 9.47. The number of hydrogen-bond donors (Lipinski definition) is 7. The number of methoxy groups -OCH3 is 1. The van der Waals surface area contributed by atoms with Gasteiger partial charge < -0.3 is 63.8 Å². The van der Waals surface area contributed by atoms with Crippen LogP contribution < -0.4 is 9.47 Å². The van der Waals surface area contributed by atoms with Gasteiger partial charge in [-0.25, -0.2) is 9.59 Å². The van der Waals surface area contributed by atoms with E-state index in [9.17, 15) is 45.3 Å². The second-order valence-corrected chi connectivity index (χ2v) is 13.5. The number of aliphatic hydroxyl groups excluding tert-OH is 6. The van der Waals surface area contributed by atoms with Gasteiger partial charge in [0.05, 0.1) is 38.5 Å². The first kappa shape index (κ1) is 35.3. The average Bonchev–Trinajstić information content (AvgIpc) is 3.63. The van der Waals surface area contributed by atoms with Crippen molar-refractivity contribution in [2.24, 2.45) is 17.3 Å². The van der Waals surface area contributed by atoms with Crippen molar-refractivity contribution in [1.82, 2.24) is 0 Å². The summed E-state index contributed by atoms with van der Waals surface area (Å²) in [4.78, 5) is 26.3. The van der Waals surface area contributed by atoms with Crippen molar-refractivity contribution >= 4 is 18.0 Å². The van der Waals surface area contributed by atoms with Crippen molar-refractivity contribution < 1.29 is 73.4 Å². The quantitative estimate of drug-likeness (QED) is 0.142. The van der Waals surface area contributed by atoms with E-state index in [-0.39, 0.29) is 37.2 Å². The molecule has 2 aliphatic carbocycles. The maximum atomic E-state index is 13.2. The molecule has 15 heteroatoms. The Morgan fingerprint density at radius 1 is 1.06 bits per heavy atom. The molecular formula is C34H42O15. The molecule has 13 atom stereocenters. The molecule has 6 rings (SSSR count). The molecule has 268 valence electrons. The van der Waals surface area contributed by atoms with Crippen LogP contribution in [0.1, 0.15) is 49.8 Å². The Kier molecular flexibility index (Phi) is 9.82.